The number of carbonyl (C=O) groups excluding carboxylic acids is 2. The van der Waals surface area contributed by atoms with Gasteiger partial charge in [-0.2, -0.15) is 0 Å². The Morgan fingerprint density at radius 2 is 1.67 bits per heavy atom. The molecule has 4 unspecified atom stereocenters. The third-order valence-electron chi connectivity index (χ3n) is 6.81. The number of nitrogens with one attached hydrogen (secondary N) is 1. The summed E-state index contributed by atoms with van der Waals surface area (Å²) in [6, 6.07) is 14.3. The number of aliphatic hydroxyl groups excluding tert-OH is 1. The molecule has 2 fully saturated rings. The van der Waals surface area contributed by atoms with E-state index in [4.69, 9.17) is 0 Å². The molecule has 0 aliphatic carbocycles. The van der Waals surface area contributed by atoms with Crippen LogP contribution in [0.4, 0.5) is 5.69 Å². The van der Waals surface area contributed by atoms with Gasteiger partial charge in [-0.15, -0.1) is 0 Å². The Labute approximate surface area is 192 Å². The molecule has 0 radical (unpaired) electrons. The highest BCUT2D eigenvalue weighted by atomic mass is 16.4. The zero-order valence-electron chi connectivity index (χ0n) is 18.7. The highest BCUT2D eigenvalue weighted by Crippen LogP contribution is 2.46. The van der Waals surface area contributed by atoms with Gasteiger partial charge in [0.05, 0.1) is 24.1 Å². The van der Waals surface area contributed by atoms with Crippen molar-refractivity contribution in [3.63, 3.8) is 0 Å². The molecule has 4 atom stereocenters. The van der Waals surface area contributed by atoms with E-state index in [0.717, 1.165) is 16.7 Å². The van der Waals surface area contributed by atoms with Gasteiger partial charge in [0.15, 0.2) is 5.54 Å². The first-order valence-electron chi connectivity index (χ1n) is 11.2. The number of carboxylic acids is 1. The number of imide groups is 1. The third-order valence-corrected chi connectivity index (χ3v) is 6.81. The lowest BCUT2D eigenvalue weighted by Gasteiger charge is -2.29. The normalized spacial score (nSPS) is 26.9. The van der Waals surface area contributed by atoms with Crippen molar-refractivity contribution in [2.24, 2.45) is 11.8 Å². The van der Waals surface area contributed by atoms with Crippen LogP contribution in [0.2, 0.25) is 0 Å². The van der Waals surface area contributed by atoms with Crippen molar-refractivity contribution in [1.82, 2.24) is 5.32 Å². The summed E-state index contributed by atoms with van der Waals surface area (Å²) in [5.41, 5.74) is 1.20. The minimum Gasteiger partial charge on any atom is -0.480 e. The quantitative estimate of drug-likeness (QED) is 0.562. The predicted octanol–water partition coefficient (Wildman–Crippen LogP) is 2.42. The number of fused-ring (bicyclic) bond motifs is 1. The van der Waals surface area contributed by atoms with Gasteiger partial charge in [0.2, 0.25) is 11.8 Å². The molecular weight excluding hydrogens is 420 g/mol. The Balaban J connectivity index is 1.82. The molecule has 2 aliphatic rings. The van der Waals surface area contributed by atoms with Crippen molar-refractivity contribution in [3.05, 3.63) is 71.3 Å². The van der Waals surface area contributed by atoms with Gasteiger partial charge in [0, 0.05) is 6.04 Å². The van der Waals surface area contributed by atoms with E-state index < -0.39 is 47.8 Å². The van der Waals surface area contributed by atoms with E-state index in [1.807, 2.05) is 62.4 Å². The van der Waals surface area contributed by atoms with E-state index >= 15 is 0 Å². The lowest BCUT2D eigenvalue weighted by Crippen LogP contribution is -2.59. The van der Waals surface area contributed by atoms with E-state index in [0.29, 0.717) is 18.5 Å². The first-order chi connectivity index (χ1) is 15.9. The number of carboxylic acid groups (broad SMARTS) is 1. The van der Waals surface area contributed by atoms with Crippen molar-refractivity contribution < 1.29 is 24.6 Å². The molecule has 7 heteroatoms. The van der Waals surface area contributed by atoms with E-state index in [1.54, 1.807) is 12.2 Å². The highest BCUT2D eigenvalue weighted by Gasteiger charge is 2.68. The zero-order valence-corrected chi connectivity index (χ0v) is 18.7. The van der Waals surface area contributed by atoms with Gasteiger partial charge in [-0.1, -0.05) is 74.5 Å². The number of aliphatic carboxylic acids is 1. The fraction of sp³-hybridized carbons (Fsp3) is 0.346. The largest absolute Gasteiger partial charge is 0.480 e. The standard InChI is InChI=1S/C26H28N2O5/c1-3-17-11-8-12-18(4-2)22(17)28-23(30)20-19(14-13-16-9-6-5-7-10-16)27-26(15-29,25(32)33)21(20)24(28)31/h5-14,19-21,27,29H,3-4,15H2,1-2H3,(H,32,33). The maximum absolute atomic E-state index is 13.7. The number of rotatable bonds is 7. The molecular formula is C26H28N2O5. The third kappa shape index (κ3) is 3.57. The summed E-state index contributed by atoms with van der Waals surface area (Å²) in [6.45, 7) is 3.10. The second-order valence-electron chi connectivity index (χ2n) is 8.52. The Hall–Kier alpha value is -3.29. The molecule has 0 bridgehead atoms. The number of para-hydroxylation sites is 1. The first kappa shape index (κ1) is 22.9. The Bertz CT molecular complexity index is 1090. The Kier molecular flexibility index (Phi) is 6.19. The summed E-state index contributed by atoms with van der Waals surface area (Å²) in [5.74, 6) is -4.52. The van der Waals surface area contributed by atoms with Crippen LogP contribution in [0, 0.1) is 11.8 Å². The number of nitrogens with zero attached hydrogens (tertiary/aromatic N) is 1. The Morgan fingerprint density at radius 1 is 1.03 bits per heavy atom. The second kappa shape index (κ2) is 8.92. The monoisotopic (exact) mass is 448 g/mol. The van der Waals surface area contributed by atoms with Crippen molar-refractivity contribution in [2.75, 3.05) is 11.5 Å². The van der Waals surface area contributed by atoms with Gasteiger partial charge < -0.3 is 10.2 Å². The van der Waals surface area contributed by atoms with Crippen LogP contribution in [0.15, 0.2) is 54.6 Å². The van der Waals surface area contributed by atoms with Gasteiger partial charge >= 0.3 is 5.97 Å². The van der Waals surface area contributed by atoms with Crippen LogP contribution in [0.25, 0.3) is 6.08 Å². The fourth-order valence-electron chi connectivity index (χ4n) is 5.12. The number of anilines is 1. The summed E-state index contributed by atoms with van der Waals surface area (Å²) < 4.78 is 0. The van der Waals surface area contributed by atoms with Crippen LogP contribution in [0.5, 0.6) is 0 Å². The molecule has 0 spiro atoms. The lowest BCUT2D eigenvalue weighted by atomic mass is 9.80. The number of amides is 2. The summed E-state index contributed by atoms with van der Waals surface area (Å²) in [6.07, 6.45) is 4.75. The van der Waals surface area contributed by atoms with Crippen molar-refractivity contribution >= 4 is 29.5 Å². The minimum atomic E-state index is -1.94. The maximum atomic E-state index is 13.7. The summed E-state index contributed by atoms with van der Waals surface area (Å²) >= 11 is 0. The number of hydrogen-bond donors (Lipinski definition) is 3. The van der Waals surface area contributed by atoms with Gasteiger partial charge in [0.25, 0.3) is 0 Å². The van der Waals surface area contributed by atoms with E-state index in [-0.39, 0.29) is 0 Å². The van der Waals surface area contributed by atoms with Crippen molar-refractivity contribution in [2.45, 2.75) is 38.3 Å². The fourth-order valence-corrected chi connectivity index (χ4v) is 5.12. The average Bonchev–Trinajstić information content (AvgIpc) is 3.31. The van der Waals surface area contributed by atoms with Crippen molar-refractivity contribution in [1.29, 1.82) is 0 Å². The molecule has 2 aromatic carbocycles. The Morgan fingerprint density at radius 3 is 2.21 bits per heavy atom. The first-order valence-corrected chi connectivity index (χ1v) is 11.2. The number of benzene rings is 2. The van der Waals surface area contributed by atoms with Crippen LogP contribution in [0.1, 0.15) is 30.5 Å². The molecule has 2 saturated heterocycles. The summed E-state index contributed by atoms with van der Waals surface area (Å²) in [7, 11) is 0. The summed E-state index contributed by atoms with van der Waals surface area (Å²) in [5, 5.41) is 23.1. The predicted molar refractivity (Wildman–Crippen MR) is 125 cm³/mol. The number of aliphatic hydroxyl groups is 1. The van der Waals surface area contributed by atoms with Gasteiger partial charge in [0.1, 0.15) is 0 Å². The topological polar surface area (TPSA) is 107 Å². The SMILES string of the molecule is CCc1cccc(CC)c1N1C(=O)C2C(C=Cc3ccccc3)NC(CO)(C(=O)O)C2C1=O. The molecule has 0 aromatic heterocycles. The molecule has 3 N–H and O–H groups in total. The number of hydrogen-bond acceptors (Lipinski definition) is 5. The highest BCUT2D eigenvalue weighted by molar-refractivity contribution is 6.25. The smallest absolute Gasteiger partial charge is 0.327 e. The van der Waals surface area contributed by atoms with Gasteiger partial charge in [-0.05, 0) is 29.5 Å². The molecule has 2 aliphatic heterocycles. The minimum absolute atomic E-state index is 0.438. The lowest BCUT2D eigenvalue weighted by molar-refractivity contribution is -0.150. The summed E-state index contributed by atoms with van der Waals surface area (Å²) in [4.78, 5) is 40.9. The maximum Gasteiger partial charge on any atom is 0.327 e. The number of carbonyl (C=O) groups is 3. The van der Waals surface area contributed by atoms with Crippen LogP contribution in [0.3, 0.4) is 0 Å². The second-order valence-corrected chi connectivity index (χ2v) is 8.52. The van der Waals surface area contributed by atoms with Crippen LogP contribution >= 0.6 is 0 Å². The molecule has 4 rings (SSSR count). The van der Waals surface area contributed by atoms with Crippen molar-refractivity contribution in [3.8, 4) is 0 Å². The van der Waals surface area contributed by atoms with Gasteiger partial charge in [-0.3, -0.25) is 19.7 Å². The molecule has 2 heterocycles. The van der Waals surface area contributed by atoms with E-state index in [9.17, 15) is 24.6 Å². The molecule has 172 valence electrons. The number of aryl methyl sites for hydroxylation is 2. The molecule has 2 amide bonds. The van der Waals surface area contributed by atoms with E-state index in [1.165, 1.54) is 4.90 Å². The molecule has 7 nitrogen and oxygen atoms in total. The molecule has 2 aromatic rings. The van der Waals surface area contributed by atoms with Crippen LogP contribution < -0.4 is 10.2 Å². The average molecular weight is 449 g/mol. The van der Waals surface area contributed by atoms with Crippen LogP contribution in [-0.4, -0.2) is 46.2 Å². The van der Waals surface area contributed by atoms with Crippen LogP contribution in [-0.2, 0) is 27.2 Å². The van der Waals surface area contributed by atoms with E-state index in [2.05, 4.69) is 5.32 Å². The molecule has 0 saturated carbocycles. The zero-order chi connectivity index (χ0) is 23.8. The molecule has 33 heavy (non-hydrogen) atoms. The van der Waals surface area contributed by atoms with Gasteiger partial charge in [-0.25, -0.2) is 4.90 Å².